The molecule has 0 spiro atoms. The van der Waals surface area contributed by atoms with Crippen molar-refractivity contribution in [2.24, 2.45) is 7.05 Å². The molecule has 0 fully saturated rings. The number of imidazole rings is 1. The Morgan fingerprint density at radius 1 is 1.04 bits per heavy atom. The van der Waals surface area contributed by atoms with E-state index in [0.717, 1.165) is 22.4 Å². The van der Waals surface area contributed by atoms with E-state index in [0.29, 0.717) is 18.0 Å². The normalized spacial score (nSPS) is 12.2. The monoisotopic (exact) mass is 358 g/mol. The first-order valence-electron chi connectivity index (χ1n) is 8.02. The Bertz CT molecular complexity index is 976. The second-order valence-electron chi connectivity index (χ2n) is 6.11. The zero-order valence-electron chi connectivity index (χ0n) is 14.6. The predicted molar refractivity (Wildman–Crippen MR) is 98.6 cm³/mol. The molecule has 3 aromatic rings. The fraction of sp³-hybridized carbons (Fsp3) is 0.278. The quantitative estimate of drug-likeness (QED) is 0.733. The summed E-state index contributed by atoms with van der Waals surface area (Å²) in [5.41, 5.74) is 3.12. The number of fused-ring (bicyclic) bond motifs is 1. The minimum atomic E-state index is -3.38. The topological polar surface area (TPSA) is 67.2 Å². The van der Waals surface area contributed by atoms with Gasteiger partial charge in [-0.25, -0.2) is 17.7 Å². The van der Waals surface area contributed by atoms with E-state index in [4.69, 9.17) is 0 Å². The number of para-hydroxylation sites is 2. The number of aromatic nitrogens is 2. The summed E-state index contributed by atoms with van der Waals surface area (Å²) < 4.78 is 27.4. The van der Waals surface area contributed by atoms with Gasteiger partial charge in [-0.3, -0.25) is 0 Å². The maximum absolute atomic E-state index is 12.1. The van der Waals surface area contributed by atoms with Crippen LogP contribution in [0.1, 0.15) is 11.4 Å². The number of hydrogen-bond donors (Lipinski definition) is 1. The smallest absolute Gasteiger partial charge is 0.242 e. The van der Waals surface area contributed by atoms with Crippen LogP contribution < -0.4 is 5.32 Å². The van der Waals surface area contributed by atoms with Gasteiger partial charge in [-0.15, -0.1) is 0 Å². The molecule has 0 unspecified atom stereocenters. The summed E-state index contributed by atoms with van der Waals surface area (Å²) in [5, 5.41) is 3.36. The lowest BCUT2D eigenvalue weighted by Crippen LogP contribution is -2.22. The first-order chi connectivity index (χ1) is 11.9. The molecular weight excluding hydrogens is 336 g/mol. The van der Waals surface area contributed by atoms with Gasteiger partial charge in [0.05, 0.1) is 22.5 Å². The third kappa shape index (κ3) is 3.58. The van der Waals surface area contributed by atoms with Crippen molar-refractivity contribution in [1.82, 2.24) is 19.2 Å². The predicted octanol–water partition coefficient (Wildman–Crippen LogP) is 2.11. The van der Waals surface area contributed by atoms with E-state index >= 15 is 0 Å². The third-order valence-corrected chi connectivity index (χ3v) is 6.02. The van der Waals surface area contributed by atoms with Crippen LogP contribution in [0.4, 0.5) is 0 Å². The summed E-state index contributed by atoms with van der Waals surface area (Å²) in [6.45, 7) is 1.29. The first-order valence-corrected chi connectivity index (χ1v) is 9.46. The summed E-state index contributed by atoms with van der Waals surface area (Å²) in [6, 6.07) is 15.0. The van der Waals surface area contributed by atoms with Gasteiger partial charge in [0.25, 0.3) is 0 Å². The molecule has 7 heteroatoms. The highest BCUT2D eigenvalue weighted by Gasteiger charge is 2.16. The first kappa shape index (κ1) is 17.6. The Morgan fingerprint density at radius 2 is 1.72 bits per heavy atom. The van der Waals surface area contributed by atoms with Gasteiger partial charge in [-0.05, 0) is 29.8 Å². The van der Waals surface area contributed by atoms with E-state index in [9.17, 15) is 8.42 Å². The second kappa shape index (κ2) is 6.95. The standard InChI is InChI=1S/C18H22N4O2S/c1-21(2)25(23,24)15-10-8-14(9-11-15)12-19-13-18-20-16-6-4-5-7-17(16)22(18)3/h4-11,19H,12-13H2,1-3H3. The van der Waals surface area contributed by atoms with Crippen molar-refractivity contribution in [2.45, 2.75) is 18.0 Å². The molecule has 0 saturated heterocycles. The van der Waals surface area contributed by atoms with Crippen LogP contribution in [-0.4, -0.2) is 36.4 Å². The summed E-state index contributed by atoms with van der Waals surface area (Å²) in [6.07, 6.45) is 0. The number of hydrogen-bond acceptors (Lipinski definition) is 4. The van der Waals surface area contributed by atoms with Crippen LogP contribution in [0.2, 0.25) is 0 Å². The largest absolute Gasteiger partial charge is 0.330 e. The summed E-state index contributed by atoms with van der Waals surface area (Å²) in [7, 11) is 1.69. The van der Waals surface area contributed by atoms with Crippen molar-refractivity contribution in [1.29, 1.82) is 0 Å². The SMILES string of the molecule is CN(C)S(=O)(=O)c1ccc(CNCc2nc3ccccc3n2C)cc1. The molecule has 0 aliphatic carbocycles. The van der Waals surface area contributed by atoms with Crippen LogP contribution in [0.3, 0.4) is 0 Å². The lowest BCUT2D eigenvalue weighted by molar-refractivity contribution is 0.520. The molecule has 1 N–H and O–H groups in total. The number of rotatable bonds is 6. The number of sulfonamides is 1. The Kier molecular flexibility index (Phi) is 4.89. The third-order valence-electron chi connectivity index (χ3n) is 4.19. The van der Waals surface area contributed by atoms with E-state index in [1.165, 1.54) is 18.4 Å². The van der Waals surface area contributed by atoms with Gasteiger partial charge >= 0.3 is 0 Å². The van der Waals surface area contributed by atoms with Gasteiger partial charge in [0.15, 0.2) is 0 Å². The highest BCUT2D eigenvalue weighted by molar-refractivity contribution is 7.89. The Hall–Kier alpha value is -2.22. The lowest BCUT2D eigenvalue weighted by atomic mass is 10.2. The minimum Gasteiger partial charge on any atom is -0.330 e. The highest BCUT2D eigenvalue weighted by Crippen LogP contribution is 2.15. The molecule has 0 aliphatic rings. The highest BCUT2D eigenvalue weighted by atomic mass is 32.2. The molecule has 0 atom stereocenters. The fourth-order valence-electron chi connectivity index (χ4n) is 2.66. The molecule has 0 amide bonds. The van der Waals surface area contributed by atoms with Gasteiger partial charge in [0, 0.05) is 27.7 Å². The molecule has 1 heterocycles. The number of nitrogens with zero attached hydrogens (tertiary/aromatic N) is 3. The van der Waals surface area contributed by atoms with E-state index in [1.807, 2.05) is 37.4 Å². The number of benzene rings is 2. The van der Waals surface area contributed by atoms with Gasteiger partial charge in [0.1, 0.15) is 5.82 Å². The molecule has 6 nitrogen and oxygen atoms in total. The van der Waals surface area contributed by atoms with Crippen LogP contribution in [-0.2, 0) is 30.2 Å². The zero-order chi connectivity index (χ0) is 18.0. The molecule has 0 aliphatic heterocycles. The van der Waals surface area contributed by atoms with Crippen LogP contribution in [0.5, 0.6) is 0 Å². The van der Waals surface area contributed by atoms with Gasteiger partial charge in [-0.1, -0.05) is 24.3 Å². The number of nitrogens with one attached hydrogen (secondary N) is 1. The zero-order valence-corrected chi connectivity index (χ0v) is 15.4. The lowest BCUT2D eigenvalue weighted by Gasteiger charge is -2.12. The minimum absolute atomic E-state index is 0.302. The maximum atomic E-state index is 12.1. The van der Waals surface area contributed by atoms with Gasteiger partial charge in [0.2, 0.25) is 10.0 Å². The average molecular weight is 358 g/mol. The van der Waals surface area contributed by atoms with Crippen LogP contribution in [0.15, 0.2) is 53.4 Å². The Balaban J connectivity index is 1.65. The molecule has 1 aromatic heterocycles. The van der Waals surface area contributed by atoms with Crippen molar-refractivity contribution in [3.63, 3.8) is 0 Å². The molecule has 3 rings (SSSR count). The van der Waals surface area contributed by atoms with Crippen molar-refractivity contribution < 1.29 is 8.42 Å². The molecular formula is C18H22N4O2S. The molecule has 25 heavy (non-hydrogen) atoms. The number of aryl methyl sites for hydroxylation is 1. The van der Waals surface area contributed by atoms with Crippen LogP contribution >= 0.6 is 0 Å². The summed E-state index contributed by atoms with van der Waals surface area (Å²) in [5.74, 6) is 0.966. The van der Waals surface area contributed by atoms with E-state index < -0.39 is 10.0 Å². The fourth-order valence-corrected chi connectivity index (χ4v) is 3.56. The molecule has 0 bridgehead atoms. The van der Waals surface area contributed by atoms with E-state index in [1.54, 1.807) is 12.1 Å². The molecule has 0 radical (unpaired) electrons. The van der Waals surface area contributed by atoms with Crippen molar-refractivity contribution in [2.75, 3.05) is 14.1 Å². The molecule has 2 aromatic carbocycles. The Morgan fingerprint density at radius 3 is 2.36 bits per heavy atom. The van der Waals surface area contributed by atoms with Crippen molar-refractivity contribution in [3.8, 4) is 0 Å². The molecule has 132 valence electrons. The average Bonchev–Trinajstić information content (AvgIpc) is 2.92. The van der Waals surface area contributed by atoms with Crippen molar-refractivity contribution in [3.05, 3.63) is 59.9 Å². The van der Waals surface area contributed by atoms with Crippen LogP contribution in [0.25, 0.3) is 11.0 Å². The summed E-state index contributed by atoms with van der Waals surface area (Å²) in [4.78, 5) is 4.93. The maximum Gasteiger partial charge on any atom is 0.242 e. The Labute approximate surface area is 148 Å². The van der Waals surface area contributed by atoms with Gasteiger partial charge in [-0.2, -0.15) is 0 Å². The summed E-state index contributed by atoms with van der Waals surface area (Å²) >= 11 is 0. The van der Waals surface area contributed by atoms with Gasteiger partial charge < -0.3 is 9.88 Å². The van der Waals surface area contributed by atoms with Crippen LogP contribution in [0, 0.1) is 0 Å². The second-order valence-corrected chi connectivity index (χ2v) is 8.26. The molecule has 0 saturated carbocycles. The van der Waals surface area contributed by atoms with E-state index in [-0.39, 0.29) is 0 Å². The van der Waals surface area contributed by atoms with E-state index in [2.05, 4.69) is 20.9 Å². The van der Waals surface area contributed by atoms with Crippen molar-refractivity contribution >= 4 is 21.1 Å².